The fourth-order valence-electron chi connectivity index (χ4n) is 5.68. The summed E-state index contributed by atoms with van der Waals surface area (Å²) < 4.78 is 5.26. The molecule has 0 aromatic heterocycles. The zero-order chi connectivity index (χ0) is 24.8. The van der Waals surface area contributed by atoms with Crippen LogP contribution in [0.4, 0.5) is 4.79 Å². The minimum Gasteiger partial charge on any atom is -0.385 e. The van der Waals surface area contributed by atoms with Crippen molar-refractivity contribution in [2.45, 2.75) is 50.2 Å². The number of urea groups is 1. The quantitative estimate of drug-likeness (QED) is 0.507. The van der Waals surface area contributed by atoms with Crippen LogP contribution in [-0.4, -0.2) is 66.9 Å². The molecule has 2 fully saturated rings. The average Bonchev–Trinajstić information content (AvgIpc) is 3.32. The molecule has 2 aromatic rings. The average molecular weight is 500 g/mol. The molecule has 0 saturated carbocycles. The number of unbranched alkanes of at least 4 members (excludes halogenated alkanes) is 1. The molecule has 2 aliphatic rings. The highest BCUT2D eigenvalue weighted by molar-refractivity contribution is 6.33. The number of hydrogen-bond acceptors (Lipinski definition) is 4. The Morgan fingerprint density at radius 1 is 1.06 bits per heavy atom. The van der Waals surface area contributed by atoms with Crippen molar-refractivity contribution < 1.29 is 14.6 Å². The smallest absolute Gasteiger partial charge is 0.320 e. The summed E-state index contributed by atoms with van der Waals surface area (Å²) in [4.78, 5) is 17.1. The molecule has 2 saturated heterocycles. The van der Waals surface area contributed by atoms with E-state index in [1.807, 2.05) is 58.3 Å². The summed E-state index contributed by atoms with van der Waals surface area (Å²) >= 11 is 6.59. The Labute approximate surface area is 214 Å². The second kappa shape index (κ2) is 11.7. The minimum atomic E-state index is -1.09. The van der Waals surface area contributed by atoms with Gasteiger partial charge in [0.15, 0.2) is 0 Å². The first-order chi connectivity index (χ1) is 16.9. The van der Waals surface area contributed by atoms with Gasteiger partial charge < -0.3 is 25.4 Å². The van der Waals surface area contributed by atoms with Crippen LogP contribution in [0.5, 0.6) is 0 Å². The van der Waals surface area contributed by atoms with E-state index in [9.17, 15) is 9.90 Å². The van der Waals surface area contributed by atoms with E-state index in [1.54, 1.807) is 7.11 Å². The van der Waals surface area contributed by atoms with Crippen molar-refractivity contribution in [3.8, 4) is 11.1 Å². The lowest BCUT2D eigenvalue weighted by atomic mass is 9.72. The number of aliphatic hydroxyl groups is 1. The Balaban J connectivity index is 1.65. The summed E-state index contributed by atoms with van der Waals surface area (Å²) in [6.45, 7) is 3.22. The number of rotatable bonds is 8. The van der Waals surface area contributed by atoms with Gasteiger partial charge in [0.05, 0.1) is 5.60 Å². The maximum Gasteiger partial charge on any atom is 0.320 e. The number of carbonyl (C=O) groups excluding carboxylic acids is 1. The zero-order valence-corrected chi connectivity index (χ0v) is 21.4. The van der Waals surface area contributed by atoms with Gasteiger partial charge in [0.1, 0.15) is 0 Å². The van der Waals surface area contributed by atoms with Crippen LogP contribution in [0.2, 0.25) is 5.02 Å². The van der Waals surface area contributed by atoms with E-state index in [1.165, 1.54) is 0 Å². The molecule has 35 heavy (non-hydrogen) atoms. The second-order valence-electron chi connectivity index (χ2n) is 9.96. The van der Waals surface area contributed by atoms with Gasteiger partial charge in [0.2, 0.25) is 0 Å². The van der Waals surface area contributed by atoms with Gasteiger partial charge in [-0.05, 0) is 55.7 Å². The minimum absolute atomic E-state index is 0.0452. The fourth-order valence-corrected chi connectivity index (χ4v) is 5.91. The van der Waals surface area contributed by atoms with Crippen molar-refractivity contribution in [2.24, 2.45) is 11.7 Å². The van der Waals surface area contributed by atoms with Gasteiger partial charge >= 0.3 is 6.03 Å². The number of amides is 2. The zero-order valence-electron chi connectivity index (χ0n) is 20.7. The van der Waals surface area contributed by atoms with Gasteiger partial charge in [-0.15, -0.1) is 0 Å². The topological polar surface area (TPSA) is 79.0 Å². The van der Waals surface area contributed by atoms with Crippen molar-refractivity contribution in [3.63, 3.8) is 0 Å². The number of piperidine rings is 1. The Morgan fingerprint density at radius 3 is 2.49 bits per heavy atom. The third kappa shape index (κ3) is 5.83. The molecule has 0 radical (unpaired) electrons. The van der Waals surface area contributed by atoms with E-state index in [2.05, 4.69) is 0 Å². The van der Waals surface area contributed by atoms with Crippen molar-refractivity contribution in [1.29, 1.82) is 0 Å². The van der Waals surface area contributed by atoms with Crippen molar-refractivity contribution >= 4 is 17.6 Å². The number of halogens is 1. The van der Waals surface area contributed by atoms with E-state index in [0.29, 0.717) is 44.2 Å². The van der Waals surface area contributed by atoms with E-state index in [-0.39, 0.29) is 18.0 Å². The van der Waals surface area contributed by atoms with Crippen LogP contribution in [-0.2, 0) is 10.3 Å². The normalized spacial score (nSPS) is 22.3. The number of nitrogens with two attached hydrogens (primary N) is 1. The Hall–Kier alpha value is -2.12. The number of benzene rings is 2. The Morgan fingerprint density at radius 2 is 1.77 bits per heavy atom. The van der Waals surface area contributed by atoms with Crippen molar-refractivity contribution in [1.82, 2.24) is 9.80 Å². The maximum atomic E-state index is 13.3. The first-order valence-corrected chi connectivity index (χ1v) is 13.2. The fraction of sp³-hybridized carbons (Fsp3) is 0.536. The van der Waals surface area contributed by atoms with E-state index in [4.69, 9.17) is 22.1 Å². The van der Waals surface area contributed by atoms with Crippen LogP contribution in [0, 0.1) is 5.92 Å². The Bertz CT molecular complexity index is 1000. The first-order valence-electron chi connectivity index (χ1n) is 12.8. The second-order valence-corrected chi connectivity index (χ2v) is 10.4. The van der Waals surface area contributed by atoms with Crippen LogP contribution in [0.15, 0.2) is 48.5 Å². The lowest BCUT2D eigenvalue weighted by Crippen LogP contribution is -2.51. The number of likely N-dealkylation sites (tertiary alicyclic amines) is 2. The van der Waals surface area contributed by atoms with Gasteiger partial charge in [0, 0.05) is 62.4 Å². The standard InChI is InChI=1S/C28H38ClN3O3/c1-35-18-7-6-15-28(34,25-12-4-2-10-23(25)24-11-3-5-13-26(24)29)21-9-8-16-31(19-21)27(33)32-17-14-22(30)20-32/h2-5,10-13,21-22,34H,6-9,14-20,30H2,1H3/t21-,22+,28+/m1/s1. The molecule has 6 nitrogen and oxygen atoms in total. The van der Waals surface area contributed by atoms with Crippen LogP contribution in [0.1, 0.15) is 44.1 Å². The number of carbonyl (C=O) groups is 1. The van der Waals surface area contributed by atoms with E-state index < -0.39 is 5.60 Å². The highest BCUT2D eigenvalue weighted by Gasteiger charge is 2.43. The summed E-state index contributed by atoms with van der Waals surface area (Å²) in [6.07, 6.45) is 4.86. The van der Waals surface area contributed by atoms with E-state index >= 15 is 0 Å². The number of ether oxygens (including phenoxy) is 1. The molecule has 2 aromatic carbocycles. The molecule has 0 bridgehead atoms. The lowest BCUT2D eigenvalue weighted by Gasteiger charge is -2.44. The molecule has 190 valence electrons. The van der Waals surface area contributed by atoms with Crippen LogP contribution in [0.3, 0.4) is 0 Å². The lowest BCUT2D eigenvalue weighted by molar-refractivity contribution is -0.0571. The van der Waals surface area contributed by atoms with Crippen molar-refractivity contribution in [3.05, 3.63) is 59.1 Å². The van der Waals surface area contributed by atoms with Gasteiger partial charge in [-0.25, -0.2) is 4.79 Å². The molecule has 4 rings (SSSR count). The molecular weight excluding hydrogens is 462 g/mol. The number of nitrogens with zero attached hydrogens (tertiary/aromatic N) is 2. The third-order valence-corrected chi connectivity index (χ3v) is 7.91. The van der Waals surface area contributed by atoms with Gasteiger partial charge in [-0.3, -0.25) is 0 Å². The number of methoxy groups -OCH3 is 1. The molecule has 0 spiro atoms. The number of hydrogen-bond donors (Lipinski definition) is 2. The van der Waals surface area contributed by atoms with Crippen LogP contribution in [0.25, 0.3) is 11.1 Å². The molecule has 3 atom stereocenters. The molecule has 2 amide bonds. The van der Waals surface area contributed by atoms with Crippen LogP contribution >= 0.6 is 11.6 Å². The summed E-state index contributed by atoms with van der Waals surface area (Å²) in [5.41, 5.74) is 7.70. The molecule has 2 heterocycles. The largest absolute Gasteiger partial charge is 0.385 e. The van der Waals surface area contributed by atoms with Crippen molar-refractivity contribution in [2.75, 3.05) is 39.9 Å². The molecule has 0 aliphatic carbocycles. The summed E-state index contributed by atoms with van der Waals surface area (Å²) in [7, 11) is 1.70. The van der Waals surface area contributed by atoms with Gasteiger partial charge in [-0.2, -0.15) is 0 Å². The molecule has 3 N–H and O–H groups in total. The van der Waals surface area contributed by atoms with Gasteiger partial charge in [-0.1, -0.05) is 54.1 Å². The Kier molecular flexibility index (Phi) is 8.71. The molecule has 7 heteroatoms. The van der Waals surface area contributed by atoms with Crippen LogP contribution < -0.4 is 5.73 Å². The third-order valence-electron chi connectivity index (χ3n) is 7.58. The monoisotopic (exact) mass is 499 g/mol. The predicted octanol–water partition coefficient (Wildman–Crippen LogP) is 4.88. The molecular formula is C28H38ClN3O3. The maximum absolute atomic E-state index is 13.3. The summed E-state index contributed by atoms with van der Waals surface area (Å²) in [5.74, 6) is -0.0809. The first kappa shape index (κ1) is 26.0. The van der Waals surface area contributed by atoms with E-state index in [0.717, 1.165) is 48.8 Å². The summed E-state index contributed by atoms with van der Waals surface area (Å²) in [6, 6.07) is 15.9. The predicted molar refractivity (Wildman–Crippen MR) is 140 cm³/mol. The molecule has 2 aliphatic heterocycles. The highest BCUT2D eigenvalue weighted by Crippen LogP contribution is 2.44. The molecule has 0 unspecified atom stereocenters. The SMILES string of the molecule is COCCCC[C@@](O)(c1ccccc1-c1ccccc1Cl)[C@@H]1CCCN(C(=O)N2CC[C@H](N)C2)C1. The summed E-state index contributed by atoms with van der Waals surface area (Å²) in [5, 5.41) is 13.2. The van der Waals surface area contributed by atoms with Gasteiger partial charge in [0.25, 0.3) is 0 Å². The highest BCUT2D eigenvalue weighted by atomic mass is 35.5.